The molecule has 3 aliphatic rings. The second-order valence-corrected chi connectivity index (χ2v) is 8.66. The first-order valence-corrected chi connectivity index (χ1v) is 10.9. The molecule has 2 saturated heterocycles. The number of piperazine rings is 1. The number of benzene rings is 1. The maximum atomic E-state index is 12.8. The second-order valence-electron chi connectivity index (χ2n) is 8.66. The van der Waals surface area contributed by atoms with Gasteiger partial charge in [-0.2, -0.15) is 15.4 Å². The zero-order valence-electron chi connectivity index (χ0n) is 17.2. The predicted octanol–water partition coefficient (Wildman–Crippen LogP) is 1.31. The molecule has 8 nitrogen and oxygen atoms in total. The van der Waals surface area contributed by atoms with Gasteiger partial charge in [-0.15, -0.1) is 0 Å². The molecule has 3 heterocycles. The highest BCUT2D eigenvalue weighted by Crippen LogP contribution is 2.41. The smallest absolute Gasteiger partial charge is 0.246 e. The van der Waals surface area contributed by atoms with E-state index in [0.717, 1.165) is 55.9 Å². The Balaban J connectivity index is 1.13. The number of carbonyl (C=O) groups excluding carboxylic acids is 2. The molecule has 0 unspecified atom stereocenters. The summed E-state index contributed by atoms with van der Waals surface area (Å²) in [7, 11) is 0. The Labute approximate surface area is 175 Å². The van der Waals surface area contributed by atoms with Crippen LogP contribution in [-0.2, 0) is 16.0 Å². The van der Waals surface area contributed by atoms with E-state index in [4.69, 9.17) is 0 Å². The van der Waals surface area contributed by atoms with Crippen molar-refractivity contribution < 1.29 is 9.59 Å². The summed E-state index contributed by atoms with van der Waals surface area (Å²) in [5.41, 5.74) is 4.24. The van der Waals surface area contributed by atoms with Gasteiger partial charge in [0.2, 0.25) is 11.8 Å². The van der Waals surface area contributed by atoms with Gasteiger partial charge in [0.15, 0.2) is 0 Å². The minimum absolute atomic E-state index is 0.00652. The highest BCUT2D eigenvalue weighted by Gasteiger charge is 2.35. The Kier molecular flexibility index (Phi) is 5.02. The summed E-state index contributed by atoms with van der Waals surface area (Å²) < 4.78 is 0. The number of nitrogens with one attached hydrogen (secondary N) is 1. The lowest BCUT2D eigenvalue weighted by Crippen LogP contribution is -2.64. The maximum absolute atomic E-state index is 12.8. The van der Waals surface area contributed by atoms with E-state index in [1.807, 2.05) is 9.80 Å². The molecule has 1 saturated carbocycles. The number of H-pyrrole nitrogens is 1. The van der Waals surface area contributed by atoms with Crippen LogP contribution in [0.15, 0.2) is 24.8 Å². The summed E-state index contributed by atoms with van der Waals surface area (Å²) in [6.07, 6.45) is 5.06. The van der Waals surface area contributed by atoms with Gasteiger partial charge in [-0.05, 0) is 48.4 Å². The molecule has 30 heavy (non-hydrogen) atoms. The Morgan fingerprint density at radius 2 is 1.87 bits per heavy atom. The second kappa shape index (κ2) is 7.83. The van der Waals surface area contributed by atoms with E-state index in [0.29, 0.717) is 24.8 Å². The molecule has 1 aromatic carbocycles. The van der Waals surface area contributed by atoms with Crippen molar-refractivity contribution >= 4 is 22.8 Å². The Hall–Kier alpha value is -2.74. The fourth-order valence-corrected chi connectivity index (χ4v) is 4.62. The molecular formula is C22H28N6O2. The number of amides is 2. The standard InChI is InChI=1S/C22H28N6O2/c1-2-20(29)28-13-18(14-28)26-7-9-27(10-8-26)21(30)6-5-16-11-17(15-3-4-15)12-19-22(16)24-25-23-19/h2,11-12,15,18H,1,3-10,13-14H2,(H,23,24,25). The molecule has 1 aromatic heterocycles. The number of hydrogen-bond donors (Lipinski definition) is 1. The summed E-state index contributed by atoms with van der Waals surface area (Å²) in [6.45, 7) is 8.33. The van der Waals surface area contributed by atoms with E-state index in [9.17, 15) is 9.59 Å². The number of aromatic amines is 1. The fraction of sp³-hybridized carbons (Fsp3) is 0.545. The van der Waals surface area contributed by atoms with Crippen LogP contribution >= 0.6 is 0 Å². The molecule has 0 bridgehead atoms. The normalized spacial score (nSPS) is 20.4. The van der Waals surface area contributed by atoms with Crippen molar-refractivity contribution in [3.05, 3.63) is 35.9 Å². The number of rotatable bonds is 6. The number of fused-ring (bicyclic) bond motifs is 1. The molecule has 2 aliphatic heterocycles. The number of aromatic nitrogens is 3. The Morgan fingerprint density at radius 1 is 1.10 bits per heavy atom. The minimum atomic E-state index is 0.00652. The number of likely N-dealkylation sites (tertiary alicyclic amines) is 1. The zero-order chi connectivity index (χ0) is 20.7. The monoisotopic (exact) mass is 408 g/mol. The van der Waals surface area contributed by atoms with Gasteiger partial charge in [0.25, 0.3) is 0 Å². The van der Waals surface area contributed by atoms with E-state index in [1.165, 1.54) is 24.5 Å². The molecule has 5 rings (SSSR count). The molecule has 158 valence electrons. The topological polar surface area (TPSA) is 85.4 Å². The highest BCUT2D eigenvalue weighted by atomic mass is 16.2. The third kappa shape index (κ3) is 3.71. The van der Waals surface area contributed by atoms with Crippen molar-refractivity contribution in [2.24, 2.45) is 0 Å². The average Bonchev–Trinajstić information content (AvgIpc) is 3.48. The lowest BCUT2D eigenvalue weighted by Gasteiger charge is -2.47. The van der Waals surface area contributed by atoms with Crippen molar-refractivity contribution in [2.45, 2.75) is 37.6 Å². The van der Waals surface area contributed by atoms with Crippen LogP contribution in [0.4, 0.5) is 0 Å². The molecule has 0 atom stereocenters. The third-order valence-corrected chi connectivity index (χ3v) is 6.71. The fourth-order valence-electron chi connectivity index (χ4n) is 4.62. The molecule has 3 fully saturated rings. The van der Waals surface area contributed by atoms with Crippen molar-refractivity contribution in [3.63, 3.8) is 0 Å². The zero-order valence-corrected chi connectivity index (χ0v) is 17.2. The Morgan fingerprint density at radius 3 is 2.57 bits per heavy atom. The summed E-state index contributed by atoms with van der Waals surface area (Å²) in [4.78, 5) is 30.6. The summed E-state index contributed by atoms with van der Waals surface area (Å²) >= 11 is 0. The summed E-state index contributed by atoms with van der Waals surface area (Å²) in [5.74, 6) is 0.866. The van der Waals surface area contributed by atoms with Gasteiger partial charge in [0.05, 0.1) is 0 Å². The van der Waals surface area contributed by atoms with Crippen molar-refractivity contribution in [1.82, 2.24) is 30.1 Å². The van der Waals surface area contributed by atoms with Crippen LogP contribution in [0.2, 0.25) is 0 Å². The minimum Gasteiger partial charge on any atom is -0.340 e. The van der Waals surface area contributed by atoms with Crippen LogP contribution in [0, 0.1) is 0 Å². The number of aryl methyl sites for hydroxylation is 1. The first kappa shape index (κ1) is 19.2. The lowest BCUT2D eigenvalue weighted by molar-refractivity contribution is -0.136. The van der Waals surface area contributed by atoms with Crippen LogP contribution < -0.4 is 0 Å². The van der Waals surface area contributed by atoms with Gasteiger partial charge in [-0.3, -0.25) is 14.5 Å². The van der Waals surface area contributed by atoms with Crippen LogP contribution in [0.5, 0.6) is 0 Å². The van der Waals surface area contributed by atoms with Crippen molar-refractivity contribution in [2.75, 3.05) is 39.3 Å². The largest absolute Gasteiger partial charge is 0.340 e. The Bertz CT molecular complexity index is 967. The van der Waals surface area contributed by atoms with Crippen molar-refractivity contribution in [1.29, 1.82) is 0 Å². The molecule has 1 N–H and O–H groups in total. The SMILES string of the molecule is C=CC(=O)N1CC(N2CCN(C(=O)CCc3cc(C4CC4)cc4n[nH]nc34)CC2)C1. The van der Waals surface area contributed by atoms with E-state index in [1.54, 1.807) is 0 Å². The van der Waals surface area contributed by atoms with Gasteiger partial charge in [0.1, 0.15) is 11.0 Å². The van der Waals surface area contributed by atoms with Crippen LogP contribution in [-0.4, -0.2) is 87.2 Å². The number of hydrogen-bond acceptors (Lipinski definition) is 5. The molecular weight excluding hydrogens is 380 g/mol. The molecule has 0 spiro atoms. The molecule has 2 aromatic rings. The van der Waals surface area contributed by atoms with E-state index in [-0.39, 0.29) is 11.8 Å². The van der Waals surface area contributed by atoms with E-state index < -0.39 is 0 Å². The van der Waals surface area contributed by atoms with E-state index in [2.05, 4.69) is 39.0 Å². The number of carbonyl (C=O) groups is 2. The first-order valence-electron chi connectivity index (χ1n) is 10.9. The third-order valence-electron chi connectivity index (χ3n) is 6.71. The molecule has 2 amide bonds. The van der Waals surface area contributed by atoms with Crippen molar-refractivity contribution in [3.8, 4) is 0 Å². The lowest BCUT2D eigenvalue weighted by atomic mass is 10.0. The van der Waals surface area contributed by atoms with Gasteiger partial charge in [0, 0.05) is 51.7 Å². The highest BCUT2D eigenvalue weighted by molar-refractivity contribution is 5.87. The van der Waals surface area contributed by atoms with E-state index >= 15 is 0 Å². The van der Waals surface area contributed by atoms with Crippen LogP contribution in [0.25, 0.3) is 11.0 Å². The summed E-state index contributed by atoms with van der Waals surface area (Å²) in [6, 6.07) is 4.77. The van der Waals surface area contributed by atoms with Gasteiger partial charge < -0.3 is 9.80 Å². The summed E-state index contributed by atoms with van der Waals surface area (Å²) in [5, 5.41) is 11.3. The van der Waals surface area contributed by atoms with Crippen LogP contribution in [0.1, 0.15) is 36.3 Å². The maximum Gasteiger partial charge on any atom is 0.246 e. The van der Waals surface area contributed by atoms with Crippen LogP contribution in [0.3, 0.4) is 0 Å². The quantitative estimate of drug-likeness (QED) is 0.729. The van der Waals surface area contributed by atoms with Gasteiger partial charge in [-0.1, -0.05) is 12.6 Å². The number of nitrogens with zero attached hydrogens (tertiary/aromatic N) is 5. The molecule has 8 heteroatoms. The predicted molar refractivity (Wildman–Crippen MR) is 113 cm³/mol. The first-order chi connectivity index (χ1) is 14.6. The molecule has 1 aliphatic carbocycles. The molecule has 0 radical (unpaired) electrons. The van der Waals surface area contributed by atoms with Gasteiger partial charge >= 0.3 is 0 Å². The van der Waals surface area contributed by atoms with Gasteiger partial charge in [-0.25, -0.2) is 0 Å². The average molecular weight is 409 g/mol.